The van der Waals surface area contributed by atoms with Gasteiger partial charge in [-0.2, -0.15) is 0 Å². The second kappa shape index (κ2) is 5.65. The molecule has 0 saturated carbocycles. The smallest absolute Gasteiger partial charge is 0.305 e. The Morgan fingerprint density at radius 1 is 1.31 bits per heavy atom. The number of rotatable bonds is 6. The van der Waals surface area contributed by atoms with Crippen LogP contribution >= 0.6 is 0 Å². The van der Waals surface area contributed by atoms with Crippen LogP contribution in [0.5, 0.6) is 0 Å². The lowest BCUT2D eigenvalue weighted by Crippen LogP contribution is -2.37. The lowest BCUT2D eigenvalue weighted by Gasteiger charge is -2.12. The average Bonchev–Trinajstić information content (AvgIpc) is 2.28. The maximum absolute atomic E-state index is 11.8. The first-order valence-corrected chi connectivity index (χ1v) is 4.66. The molecule has 5 heteroatoms. The molecule has 1 aromatic rings. The molecule has 0 fully saturated rings. The van der Waals surface area contributed by atoms with Gasteiger partial charge in [0, 0.05) is 5.56 Å². The van der Waals surface area contributed by atoms with Crippen LogP contribution in [0.2, 0.25) is 0 Å². The Morgan fingerprint density at radius 2 is 1.94 bits per heavy atom. The van der Waals surface area contributed by atoms with E-state index in [0.29, 0.717) is 12.0 Å². The molecule has 0 aliphatic rings. The molecular formula is C11H11NO4. The van der Waals surface area contributed by atoms with E-state index in [1.165, 1.54) is 0 Å². The summed E-state index contributed by atoms with van der Waals surface area (Å²) in [5, 5.41) is 10.8. The highest BCUT2D eigenvalue weighted by Crippen LogP contribution is 2.05. The second-order valence-electron chi connectivity index (χ2n) is 3.17. The number of carbonyl (C=O) groups is 3. The molecule has 16 heavy (non-hydrogen) atoms. The fourth-order valence-corrected chi connectivity index (χ4v) is 1.29. The highest BCUT2D eigenvalue weighted by molar-refractivity contribution is 6.02. The zero-order valence-electron chi connectivity index (χ0n) is 8.42. The maximum atomic E-state index is 11.8. The second-order valence-corrected chi connectivity index (χ2v) is 3.17. The predicted molar refractivity (Wildman–Crippen MR) is 56.0 cm³/mol. The number of carboxylic acids is 1. The Labute approximate surface area is 92.1 Å². The lowest BCUT2D eigenvalue weighted by molar-refractivity contribution is -0.137. The van der Waals surface area contributed by atoms with Gasteiger partial charge in [-0.15, -0.1) is 0 Å². The third kappa shape index (κ3) is 3.20. The highest BCUT2D eigenvalue weighted by Gasteiger charge is 2.21. The summed E-state index contributed by atoms with van der Waals surface area (Å²) in [5.74, 6) is -1.54. The zero-order chi connectivity index (χ0) is 12.0. The minimum Gasteiger partial charge on any atom is -0.481 e. The summed E-state index contributed by atoms with van der Waals surface area (Å²) in [5.41, 5.74) is 0.378. The molecular weight excluding hydrogens is 210 g/mol. The van der Waals surface area contributed by atoms with Crippen LogP contribution in [-0.2, 0) is 9.59 Å². The number of Topliss-reactive ketones (excluding diaryl/α,β-unsaturated/α-hetero) is 1. The number of ketones is 1. The molecule has 0 radical (unpaired) electrons. The van der Waals surface area contributed by atoms with Crippen LogP contribution in [-0.4, -0.2) is 29.3 Å². The molecule has 1 atom stereocenters. The van der Waals surface area contributed by atoms with Crippen molar-refractivity contribution in [2.75, 3.05) is 0 Å². The van der Waals surface area contributed by atoms with Crippen LogP contribution < -0.4 is 5.32 Å². The van der Waals surface area contributed by atoms with Crippen molar-refractivity contribution < 1.29 is 19.5 Å². The Morgan fingerprint density at radius 3 is 2.44 bits per heavy atom. The number of amides is 1. The average molecular weight is 221 g/mol. The van der Waals surface area contributed by atoms with Gasteiger partial charge in [0.1, 0.15) is 6.04 Å². The molecule has 0 unspecified atom stereocenters. The van der Waals surface area contributed by atoms with Crippen LogP contribution in [0.15, 0.2) is 30.3 Å². The predicted octanol–water partition coefficient (Wildman–Crippen LogP) is 0.459. The van der Waals surface area contributed by atoms with Crippen molar-refractivity contribution in [1.29, 1.82) is 0 Å². The van der Waals surface area contributed by atoms with E-state index in [0.717, 1.165) is 0 Å². The number of carbonyl (C=O) groups excluding carboxylic acids is 2. The Kier molecular flexibility index (Phi) is 4.20. The number of hydrogen-bond acceptors (Lipinski definition) is 3. The van der Waals surface area contributed by atoms with Crippen LogP contribution in [0.3, 0.4) is 0 Å². The van der Waals surface area contributed by atoms with Crippen LogP contribution in [0.25, 0.3) is 0 Å². The molecule has 1 rings (SSSR count). The third-order valence-corrected chi connectivity index (χ3v) is 2.02. The van der Waals surface area contributed by atoms with Gasteiger partial charge < -0.3 is 10.4 Å². The van der Waals surface area contributed by atoms with Gasteiger partial charge in [-0.05, 0) is 0 Å². The number of carboxylic acid groups (broad SMARTS) is 1. The summed E-state index contributed by atoms with van der Waals surface area (Å²) >= 11 is 0. The zero-order valence-corrected chi connectivity index (χ0v) is 8.42. The van der Waals surface area contributed by atoms with Gasteiger partial charge in [0.25, 0.3) is 0 Å². The molecule has 0 aliphatic carbocycles. The van der Waals surface area contributed by atoms with Crippen molar-refractivity contribution in [3.63, 3.8) is 0 Å². The normalized spacial score (nSPS) is 11.5. The van der Waals surface area contributed by atoms with Gasteiger partial charge in [-0.3, -0.25) is 14.4 Å². The van der Waals surface area contributed by atoms with E-state index in [1.54, 1.807) is 30.3 Å². The van der Waals surface area contributed by atoms with Gasteiger partial charge in [-0.1, -0.05) is 30.3 Å². The van der Waals surface area contributed by atoms with Gasteiger partial charge >= 0.3 is 5.97 Å². The highest BCUT2D eigenvalue weighted by atomic mass is 16.4. The number of benzene rings is 1. The molecule has 1 aromatic carbocycles. The first-order valence-electron chi connectivity index (χ1n) is 4.66. The molecule has 0 spiro atoms. The molecule has 0 heterocycles. The van der Waals surface area contributed by atoms with Crippen molar-refractivity contribution in [2.45, 2.75) is 12.5 Å². The van der Waals surface area contributed by atoms with E-state index in [2.05, 4.69) is 5.32 Å². The Hall–Kier alpha value is -2.17. The quantitative estimate of drug-likeness (QED) is 0.540. The molecule has 1 amide bonds. The van der Waals surface area contributed by atoms with Gasteiger partial charge in [0.05, 0.1) is 6.42 Å². The molecule has 2 N–H and O–H groups in total. The summed E-state index contributed by atoms with van der Waals surface area (Å²) < 4.78 is 0. The minimum atomic E-state index is -1.14. The van der Waals surface area contributed by atoms with E-state index >= 15 is 0 Å². The standard InChI is InChI=1S/C11H11NO4/c13-7-12-9(6-10(14)15)11(16)8-4-2-1-3-5-8/h1-5,7,9H,6H2,(H,12,13)(H,14,15)/t9-/m0/s1. The van der Waals surface area contributed by atoms with E-state index in [-0.39, 0.29) is 0 Å². The summed E-state index contributed by atoms with van der Waals surface area (Å²) in [7, 11) is 0. The van der Waals surface area contributed by atoms with E-state index < -0.39 is 24.2 Å². The Bertz CT molecular complexity index is 388. The monoisotopic (exact) mass is 221 g/mol. The van der Waals surface area contributed by atoms with Crippen molar-refractivity contribution >= 4 is 18.2 Å². The van der Waals surface area contributed by atoms with Crippen molar-refractivity contribution in [1.82, 2.24) is 5.32 Å². The molecule has 84 valence electrons. The van der Waals surface area contributed by atoms with Crippen molar-refractivity contribution in [3.05, 3.63) is 35.9 Å². The summed E-state index contributed by atoms with van der Waals surface area (Å²) in [6.07, 6.45) is -0.0963. The van der Waals surface area contributed by atoms with E-state index in [1.807, 2.05) is 0 Å². The first kappa shape index (κ1) is 11.9. The summed E-state index contributed by atoms with van der Waals surface area (Å²) in [6, 6.07) is 7.22. The SMILES string of the molecule is O=CN[C@@H](CC(=O)O)C(=O)c1ccccc1. The number of aliphatic carboxylic acids is 1. The topological polar surface area (TPSA) is 83.5 Å². The third-order valence-electron chi connectivity index (χ3n) is 2.02. The number of hydrogen-bond donors (Lipinski definition) is 2. The maximum Gasteiger partial charge on any atom is 0.305 e. The van der Waals surface area contributed by atoms with E-state index in [4.69, 9.17) is 5.11 Å². The van der Waals surface area contributed by atoms with Crippen LogP contribution in [0.1, 0.15) is 16.8 Å². The molecule has 0 aliphatic heterocycles. The van der Waals surface area contributed by atoms with E-state index in [9.17, 15) is 14.4 Å². The molecule has 0 bridgehead atoms. The van der Waals surface area contributed by atoms with Gasteiger partial charge in [0.15, 0.2) is 5.78 Å². The summed E-state index contributed by atoms with van der Waals surface area (Å²) in [4.78, 5) is 32.6. The number of nitrogens with one attached hydrogen (secondary N) is 1. The van der Waals surface area contributed by atoms with Crippen LogP contribution in [0, 0.1) is 0 Å². The van der Waals surface area contributed by atoms with Gasteiger partial charge in [-0.25, -0.2) is 0 Å². The first-order chi connectivity index (χ1) is 7.65. The molecule has 0 saturated heterocycles. The minimum absolute atomic E-state index is 0.328. The molecule has 0 aromatic heterocycles. The largest absolute Gasteiger partial charge is 0.481 e. The van der Waals surface area contributed by atoms with Gasteiger partial charge in [0.2, 0.25) is 6.41 Å². The fourth-order valence-electron chi connectivity index (χ4n) is 1.29. The molecule has 5 nitrogen and oxygen atoms in total. The van der Waals surface area contributed by atoms with Crippen molar-refractivity contribution in [3.8, 4) is 0 Å². The lowest BCUT2D eigenvalue weighted by atomic mass is 10.0. The Balaban J connectivity index is 2.82. The van der Waals surface area contributed by atoms with Crippen molar-refractivity contribution in [2.24, 2.45) is 0 Å². The summed E-state index contributed by atoms with van der Waals surface area (Å²) in [6.45, 7) is 0. The van der Waals surface area contributed by atoms with Crippen LogP contribution in [0.4, 0.5) is 0 Å². The fraction of sp³-hybridized carbons (Fsp3) is 0.182.